The van der Waals surface area contributed by atoms with Gasteiger partial charge in [0, 0.05) is 49.4 Å². The number of fused-ring (bicyclic) bond motifs is 1. The van der Waals surface area contributed by atoms with E-state index < -0.39 is 26.6 Å². The van der Waals surface area contributed by atoms with Crippen molar-refractivity contribution in [2.24, 2.45) is 0 Å². The first-order valence-corrected chi connectivity index (χ1v) is 13.9. The van der Waals surface area contributed by atoms with Gasteiger partial charge in [-0.2, -0.15) is 0 Å². The van der Waals surface area contributed by atoms with Gasteiger partial charge in [-0.1, -0.05) is 24.6 Å². The highest BCUT2D eigenvalue weighted by Crippen LogP contribution is 2.37. The van der Waals surface area contributed by atoms with Gasteiger partial charge in [0.05, 0.1) is 24.0 Å². The smallest absolute Gasteiger partial charge is 0.242 e. The molecule has 4 N–H and O–H groups in total. The van der Waals surface area contributed by atoms with E-state index in [4.69, 9.17) is 23.2 Å². The third kappa shape index (κ3) is 5.65. The van der Waals surface area contributed by atoms with Crippen molar-refractivity contribution in [2.75, 3.05) is 41.1 Å². The maximum atomic E-state index is 14.2. The minimum atomic E-state index is -3.90. The number of rotatable bonds is 8. The molecular weight excluding hydrogens is 530 g/mol. The Morgan fingerprint density at radius 1 is 1.25 bits per heavy atom. The van der Waals surface area contributed by atoms with E-state index in [0.29, 0.717) is 34.2 Å². The summed E-state index contributed by atoms with van der Waals surface area (Å²) in [6.07, 6.45) is 0. The molecule has 2 heterocycles. The Balaban J connectivity index is 1.64. The fraction of sp³-hybridized carbons (Fsp3) is 0.435. The van der Waals surface area contributed by atoms with Crippen molar-refractivity contribution in [1.29, 1.82) is 0 Å². The second-order valence-electron chi connectivity index (χ2n) is 8.75. The average Bonchev–Trinajstić information content (AvgIpc) is 3.23. The molecule has 36 heavy (non-hydrogen) atoms. The third-order valence-corrected chi connectivity index (χ3v) is 9.30. The number of halogens is 3. The first-order valence-electron chi connectivity index (χ1n) is 11.6. The molecular formula is C23H29Cl2FN6O3S. The molecule has 9 nitrogen and oxygen atoms in total. The van der Waals surface area contributed by atoms with E-state index in [1.807, 2.05) is 6.92 Å². The molecule has 1 amide bonds. The van der Waals surface area contributed by atoms with Gasteiger partial charge in [-0.15, -0.1) is 11.6 Å². The standard InChI is InChI=1S/C23H29Cl2FN6O3S/c1-3-31-13-22(23(25)30-31)36(34,35)32-12-16(10-27-14(2)33)29-20-8-7-15(9-21(20)32)28-11-17-18(24)5-4-6-19(17)26/h4-9,16,22-23,28-30H,3,10-13H2,1-2H3,(H,27,33)/t16-,22?,23?/m0/s1. The van der Waals surface area contributed by atoms with Crippen molar-refractivity contribution in [3.8, 4) is 0 Å². The number of nitrogens with one attached hydrogen (secondary N) is 4. The Morgan fingerprint density at radius 3 is 2.69 bits per heavy atom. The van der Waals surface area contributed by atoms with Crippen LogP contribution in [0.5, 0.6) is 0 Å². The largest absolute Gasteiger partial charge is 0.381 e. The fourth-order valence-corrected chi connectivity index (χ4v) is 7.01. The lowest BCUT2D eigenvalue weighted by Crippen LogP contribution is -2.53. The van der Waals surface area contributed by atoms with Gasteiger partial charge < -0.3 is 16.0 Å². The van der Waals surface area contributed by atoms with Crippen LogP contribution in [0.15, 0.2) is 36.4 Å². The SMILES string of the molecule is CCN1CC(S(=O)(=O)N2C[C@H](CNC(C)=O)Nc3ccc(NCc4c(F)cccc4Cl)cc32)C(Cl)N1. The normalized spacial score (nSPS) is 22.1. The molecule has 196 valence electrons. The lowest BCUT2D eigenvalue weighted by Gasteiger charge is -2.38. The van der Waals surface area contributed by atoms with Crippen LogP contribution >= 0.6 is 23.2 Å². The Hall–Kier alpha value is -2.31. The van der Waals surface area contributed by atoms with Crippen molar-refractivity contribution in [1.82, 2.24) is 15.8 Å². The summed E-state index contributed by atoms with van der Waals surface area (Å²) >= 11 is 12.6. The summed E-state index contributed by atoms with van der Waals surface area (Å²) in [6.45, 7) is 4.64. The number of nitrogens with zero attached hydrogens (tertiary/aromatic N) is 2. The molecule has 0 spiro atoms. The molecule has 0 aromatic heterocycles. The number of hydrazine groups is 1. The number of sulfonamides is 1. The fourth-order valence-electron chi connectivity index (χ4n) is 4.30. The second kappa shape index (κ2) is 11.0. The summed E-state index contributed by atoms with van der Waals surface area (Å²) in [6, 6.07) is 9.36. The van der Waals surface area contributed by atoms with Gasteiger partial charge in [0.15, 0.2) is 0 Å². The summed E-state index contributed by atoms with van der Waals surface area (Å²) in [7, 11) is -3.90. The topological polar surface area (TPSA) is 106 Å². The predicted octanol–water partition coefficient (Wildman–Crippen LogP) is 2.93. The van der Waals surface area contributed by atoms with Crippen LogP contribution in [0.2, 0.25) is 5.02 Å². The number of carbonyl (C=O) groups is 1. The van der Waals surface area contributed by atoms with Gasteiger partial charge in [-0.3, -0.25) is 9.10 Å². The molecule has 1 saturated heterocycles. The maximum absolute atomic E-state index is 14.2. The molecule has 0 aliphatic carbocycles. The van der Waals surface area contributed by atoms with Gasteiger partial charge in [-0.05, 0) is 30.3 Å². The Kier molecular flexibility index (Phi) is 8.15. The second-order valence-corrected chi connectivity index (χ2v) is 11.7. The van der Waals surface area contributed by atoms with Crippen LogP contribution in [0.3, 0.4) is 0 Å². The van der Waals surface area contributed by atoms with Gasteiger partial charge in [0.2, 0.25) is 15.9 Å². The molecule has 2 aliphatic rings. The zero-order valence-electron chi connectivity index (χ0n) is 19.9. The molecule has 4 rings (SSSR count). The molecule has 13 heteroatoms. The van der Waals surface area contributed by atoms with Gasteiger partial charge in [0.25, 0.3) is 0 Å². The summed E-state index contributed by atoms with van der Waals surface area (Å²) in [4.78, 5) is 11.5. The van der Waals surface area contributed by atoms with Crippen LogP contribution in [0, 0.1) is 5.82 Å². The third-order valence-electron chi connectivity index (χ3n) is 6.24. The predicted molar refractivity (Wildman–Crippen MR) is 141 cm³/mol. The number of amides is 1. The Bertz CT molecular complexity index is 1210. The lowest BCUT2D eigenvalue weighted by atomic mass is 10.1. The first kappa shape index (κ1) is 26.7. The number of anilines is 3. The van der Waals surface area contributed by atoms with Crippen molar-refractivity contribution in [3.63, 3.8) is 0 Å². The first-order chi connectivity index (χ1) is 17.1. The molecule has 0 saturated carbocycles. The number of alkyl halides is 1. The number of hydrogen-bond donors (Lipinski definition) is 4. The van der Waals surface area contributed by atoms with Crippen molar-refractivity contribution in [3.05, 3.63) is 52.8 Å². The minimum absolute atomic E-state index is 0.102. The minimum Gasteiger partial charge on any atom is -0.381 e. The van der Waals surface area contributed by atoms with E-state index in [2.05, 4.69) is 21.4 Å². The summed E-state index contributed by atoms with van der Waals surface area (Å²) in [5.41, 5.74) is 4.16. The monoisotopic (exact) mass is 558 g/mol. The molecule has 3 atom stereocenters. The van der Waals surface area contributed by atoms with Crippen LogP contribution < -0.4 is 25.7 Å². The Labute approximate surface area is 220 Å². The van der Waals surface area contributed by atoms with Crippen molar-refractivity contribution < 1.29 is 17.6 Å². The van der Waals surface area contributed by atoms with Crippen LogP contribution in [-0.2, 0) is 21.4 Å². The highest BCUT2D eigenvalue weighted by Gasteiger charge is 2.45. The van der Waals surface area contributed by atoms with Crippen molar-refractivity contribution in [2.45, 2.75) is 37.2 Å². The van der Waals surface area contributed by atoms with Crippen LogP contribution in [-0.4, -0.2) is 62.3 Å². The number of benzene rings is 2. The van der Waals surface area contributed by atoms with Crippen LogP contribution in [0.25, 0.3) is 0 Å². The van der Waals surface area contributed by atoms with Gasteiger partial charge in [0.1, 0.15) is 16.6 Å². The highest BCUT2D eigenvalue weighted by molar-refractivity contribution is 7.93. The van der Waals surface area contributed by atoms with E-state index in [1.165, 1.54) is 23.4 Å². The van der Waals surface area contributed by atoms with E-state index in [9.17, 15) is 17.6 Å². The molecule has 2 unspecified atom stereocenters. The molecule has 2 aliphatic heterocycles. The van der Waals surface area contributed by atoms with E-state index in [0.717, 1.165) is 0 Å². The average molecular weight is 559 g/mol. The van der Waals surface area contributed by atoms with Gasteiger partial charge in [-0.25, -0.2) is 23.2 Å². The maximum Gasteiger partial charge on any atom is 0.242 e. The summed E-state index contributed by atoms with van der Waals surface area (Å²) in [5.74, 6) is -0.634. The number of hydrogen-bond acceptors (Lipinski definition) is 7. The zero-order chi connectivity index (χ0) is 26.0. The molecule has 0 bridgehead atoms. The molecule has 2 aromatic rings. The Morgan fingerprint density at radius 2 is 2.03 bits per heavy atom. The zero-order valence-corrected chi connectivity index (χ0v) is 22.2. The molecule has 1 fully saturated rings. The van der Waals surface area contributed by atoms with Crippen LogP contribution in [0.1, 0.15) is 19.4 Å². The summed E-state index contributed by atoms with van der Waals surface area (Å²) in [5, 5.41) is 10.4. The molecule has 2 aromatic carbocycles. The van der Waals surface area contributed by atoms with E-state index >= 15 is 0 Å². The van der Waals surface area contributed by atoms with E-state index in [-0.39, 0.29) is 38.1 Å². The van der Waals surface area contributed by atoms with Crippen LogP contribution in [0.4, 0.5) is 21.5 Å². The van der Waals surface area contributed by atoms with Crippen molar-refractivity contribution >= 4 is 56.2 Å². The lowest BCUT2D eigenvalue weighted by molar-refractivity contribution is -0.118. The summed E-state index contributed by atoms with van der Waals surface area (Å²) < 4.78 is 43.3. The highest BCUT2D eigenvalue weighted by atomic mass is 35.5. The number of carbonyl (C=O) groups excluding carboxylic acids is 1. The molecule has 0 radical (unpaired) electrons. The quantitative estimate of drug-likeness (QED) is 0.291. The van der Waals surface area contributed by atoms with E-state index in [1.54, 1.807) is 29.3 Å². The van der Waals surface area contributed by atoms with Gasteiger partial charge >= 0.3 is 0 Å².